The van der Waals surface area contributed by atoms with Gasteiger partial charge in [-0.05, 0) is 25.1 Å². The highest BCUT2D eigenvalue weighted by molar-refractivity contribution is 5.89. The second-order valence-electron chi connectivity index (χ2n) is 4.07. The van der Waals surface area contributed by atoms with Crippen molar-refractivity contribution in [3.8, 4) is 0 Å². The summed E-state index contributed by atoms with van der Waals surface area (Å²) in [6.45, 7) is 1.98. The molecule has 0 N–H and O–H groups in total. The van der Waals surface area contributed by atoms with Crippen LogP contribution in [0, 0.1) is 0 Å². The van der Waals surface area contributed by atoms with Gasteiger partial charge in [-0.2, -0.15) is 5.01 Å². The second-order valence-corrected chi connectivity index (χ2v) is 4.07. The molecule has 0 bridgehead atoms. The van der Waals surface area contributed by atoms with Crippen molar-refractivity contribution in [3.05, 3.63) is 47.7 Å². The molecule has 0 aromatic heterocycles. The van der Waals surface area contributed by atoms with Crippen molar-refractivity contribution >= 4 is 5.97 Å². The van der Waals surface area contributed by atoms with Crippen molar-refractivity contribution in [2.45, 2.75) is 13.2 Å². The maximum atomic E-state index is 11.9. The van der Waals surface area contributed by atoms with E-state index in [1.807, 2.05) is 55.3 Å². The minimum atomic E-state index is -0.326. The number of carbonyl (C=O) groups is 1. The Hall–Kier alpha value is -1.81. The standard InChI is InChI=1S/C13H16N2O2/c1-10-9-12(15(3)14(10)2)17-13(16)11-7-5-4-6-8-11/h4-9,12H,1-3H3. The predicted molar refractivity (Wildman–Crippen MR) is 64.9 cm³/mol. The van der Waals surface area contributed by atoms with Gasteiger partial charge in [0, 0.05) is 19.8 Å². The van der Waals surface area contributed by atoms with Gasteiger partial charge >= 0.3 is 5.97 Å². The number of ether oxygens (including phenoxy) is 1. The third-order valence-corrected chi connectivity index (χ3v) is 2.97. The van der Waals surface area contributed by atoms with Crippen molar-refractivity contribution < 1.29 is 9.53 Å². The third kappa shape index (κ3) is 2.31. The van der Waals surface area contributed by atoms with E-state index >= 15 is 0 Å². The lowest BCUT2D eigenvalue weighted by Crippen LogP contribution is -2.38. The van der Waals surface area contributed by atoms with Crippen LogP contribution in [0.3, 0.4) is 0 Å². The fourth-order valence-corrected chi connectivity index (χ4v) is 1.70. The monoisotopic (exact) mass is 232 g/mol. The summed E-state index contributed by atoms with van der Waals surface area (Å²) in [6.07, 6.45) is 1.59. The molecular weight excluding hydrogens is 216 g/mol. The minimum absolute atomic E-state index is 0.304. The van der Waals surface area contributed by atoms with Gasteiger partial charge in [-0.15, -0.1) is 0 Å². The van der Waals surface area contributed by atoms with Crippen molar-refractivity contribution in [1.82, 2.24) is 10.0 Å². The van der Waals surface area contributed by atoms with Gasteiger partial charge in [-0.3, -0.25) is 0 Å². The molecule has 0 spiro atoms. The number of esters is 1. The molecule has 2 rings (SSSR count). The van der Waals surface area contributed by atoms with Gasteiger partial charge in [0.15, 0.2) is 6.23 Å². The minimum Gasteiger partial charge on any atom is -0.437 e. The van der Waals surface area contributed by atoms with E-state index in [0.29, 0.717) is 5.56 Å². The van der Waals surface area contributed by atoms with Gasteiger partial charge < -0.3 is 9.75 Å². The topological polar surface area (TPSA) is 32.8 Å². The molecule has 4 heteroatoms. The average Bonchev–Trinajstić information content (AvgIpc) is 2.58. The molecule has 0 aliphatic carbocycles. The lowest BCUT2D eigenvalue weighted by molar-refractivity contribution is -0.0568. The zero-order chi connectivity index (χ0) is 12.4. The number of likely N-dealkylation sites (N-methyl/N-ethyl adjacent to an activating group) is 1. The van der Waals surface area contributed by atoms with Crippen LogP contribution in [0.5, 0.6) is 0 Å². The van der Waals surface area contributed by atoms with Gasteiger partial charge in [-0.1, -0.05) is 18.2 Å². The second kappa shape index (κ2) is 4.59. The predicted octanol–water partition coefficient (Wildman–Crippen LogP) is 1.87. The van der Waals surface area contributed by atoms with Crippen molar-refractivity contribution in [3.63, 3.8) is 0 Å². The molecule has 0 amide bonds. The molecule has 1 unspecified atom stereocenters. The summed E-state index contributed by atoms with van der Waals surface area (Å²) < 4.78 is 5.42. The molecule has 1 heterocycles. The van der Waals surface area contributed by atoms with E-state index in [9.17, 15) is 4.79 Å². The first-order valence-corrected chi connectivity index (χ1v) is 5.50. The van der Waals surface area contributed by atoms with E-state index in [4.69, 9.17) is 4.74 Å². The first-order valence-electron chi connectivity index (χ1n) is 5.50. The summed E-state index contributed by atoms with van der Waals surface area (Å²) in [5, 5.41) is 3.82. The summed E-state index contributed by atoms with van der Waals surface area (Å²) in [7, 11) is 3.82. The molecule has 90 valence electrons. The smallest absolute Gasteiger partial charge is 0.339 e. The van der Waals surface area contributed by atoms with Crippen LogP contribution in [0.4, 0.5) is 0 Å². The van der Waals surface area contributed by atoms with E-state index in [0.717, 1.165) is 5.70 Å². The highest BCUT2D eigenvalue weighted by Gasteiger charge is 2.27. The zero-order valence-electron chi connectivity index (χ0n) is 10.3. The van der Waals surface area contributed by atoms with Crippen LogP contribution in [0.25, 0.3) is 0 Å². The van der Waals surface area contributed by atoms with Crippen LogP contribution in [-0.2, 0) is 4.74 Å². The maximum absolute atomic E-state index is 11.9. The molecule has 1 aliphatic rings. The molecule has 1 atom stereocenters. The van der Waals surface area contributed by atoms with Gasteiger partial charge in [0.25, 0.3) is 0 Å². The summed E-state index contributed by atoms with van der Waals surface area (Å²) in [4.78, 5) is 11.9. The first-order chi connectivity index (χ1) is 8.09. The molecule has 0 saturated carbocycles. The number of hydrogen-bond acceptors (Lipinski definition) is 4. The number of benzene rings is 1. The van der Waals surface area contributed by atoms with Crippen LogP contribution >= 0.6 is 0 Å². The summed E-state index contributed by atoms with van der Waals surface area (Å²) in [5.41, 5.74) is 1.64. The van der Waals surface area contributed by atoms with Crippen LogP contribution in [0.15, 0.2) is 42.1 Å². The normalized spacial score (nSPS) is 20.3. The van der Waals surface area contributed by atoms with Gasteiger partial charge in [0.05, 0.1) is 5.56 Å². The highest BCUT2D eigenvalue weighted by atomic mass is 16.6. The Bertz CT molecular complexity index is 442. The van der Waals surface area contributed by atoms with Crippen molar-refractivity contribution in [2.24, 2.45) is 0 Å². The number of allylic oxidation sites excluding steroid dienone is 1. The average molecular weight is 232 g/mol. The molecule has 1 aromatic rings. The fourth-order valence-electron chi connectivity index (χ4n) is 1.70. The van der Waals surface area contributed by atoms with Crippen LogP contribution in [0.2, 0.25) is 0 Å². The number of carbonyl (C=O) groups excluding carboxylic acids is 1. The summed E-state index contributed by atoms with van der Waals surface area (Å²) in [5.74, 6) is -0.304. The zero-order valence-corrected chi connectivity index (χ0v) is 10.3. The van der Waals surface area contributed by atoms with E-state index in [1.165, 1.54) is 0 Å². The number of hydrogen-bond donors (Lipinski definition) is 0. The third-order valence-electron chi connectivity index (χ3n) is 2.97. The van der Waals surface area contributed by atoms with E-state index in [1.54, 1.807) is 12.1 Å². The Kier molecular flexibility index (Phi) is 3.15. The van der Waals surface area contributed by atoms with Crippen LogP contribution in [0.1, 0.15) is 17.3 Å². The molecule has 4 nitrogen and oxygen atoms in total. The van der Waals surface area contributed by atoms with Gasteiger partial charge in [0.2, 0.25) is 0 Å². The van der Waals surface area contributed by atoms with Crippen molar-refractivity contribution in [2.75, 3.05) is 14.1 Å². The Morgan fingerprint density at radius 2 is 1.88 bits per heavy atom. The van der Waals surface area contributed by atoms with E-state index in [2.05, 4.69) is 0 Å². The first kappa shape index (κ1) is 11.7. The number of nitrogens with zero attached hydrogens (tertiary/aromatic N) is 2. The highest BCUT2D eigenvalue weighted by Crippen LogP contribution is 2.19. The molecule has 1 aromatic carbocycles. The summed E-state index contributed by atoms with van der Waals surface area (Å²) >= 11 is 0. The van der Waals surface area contributed by atoms with Gasteiger partial charge in [-0.25, -0.2) is 4.79 Å². The fraction of sp³-hybridized carbons (Fsp3) is 0.308. The van der Waals surface area contributed by atoms with Crippen molar-refractivity contribution in [1.29, 1.82) is 0 Å². The summed E-state index contributed by atoms with van der Waals surface area (Å²) in [6, 6.07) is 9.01. The molecular formula is C13H16N2O2. The maximum Gasteiger partial charge on any atom is 0.339 e. The Morgan fingerprint density at radius 1 is 1.24 bits per heavy atom. The molecule has 0 radical (unpaired) electrons. The van der Waals surface area contributed by atoms with E-state index < -0.39 is 0 Å². The number of hydrazine groups is 1. The van der Waals surface area contributed by atoms with Gasteiger partial charge in [0.1, 0.15) is 0 Å². The molecule has 0 saturated heterocycles. The van der Waals surface area contributed by atoms with Crippen LogP contribution < -0.4 is 0 Å². The Morgan fingerprint density at radius 3 is 2.41 bits per heavy atom. The largest absolute Gasteiger partial charge is 0.437 e. The molecule has 0 fully saturated rings. The van der Waals surface area contributed by atoms with E-state index in [-0.39, 0.29) is 12.2 Å². The Balaban J connectivity index is 2.06. The molecule has 17 heavy (non-hydrogen) atoms. The quantitative estimate of drug-likeness (QED) is 0.729. The Labute approximate surface area is 101 Å². The van der Waals surface area contributed by atoms with Crippen LogP contribution in [-0.4, -0.2) is 36.3 Å². The lowest BCUT2D eigenvalue weighted by Gasteiger charge is -2.27. The lowest BCUT2D eigenvalue weighted by atomic mass is 10.2. The SMILES string of the molecule is CC1=CC(OC(=O)c2ccccc2)N(C)N1C. The molecule has 1 aliphatic heterocycles. The number of rotatable bonds is 2.